The van der Waals surface area contributed by atoms with Gasteiger partial charge in [0.2, 0.25) is 0 Å². The number of likely N-dealkylation sites (N-methyl/N-ethyl adjacent to an activating group) is 1. The molecule has 1 N–H and O–H groups in total. The number of nitrogens with one attached hydrogen (secondary N) is 1. The Labute approximate surface area is 127 Å². The summed E-state index contributed by atoms with van der Waals surface area (Å²) in [5, 5.41) is 6.81. The van der Waals surface area contributed by atoms with Crippen LogP contribution >= 0.6 is 11.3 Å². The lowest BCUT2D eigenvalue weighted by Crippen LogP contribution is -2.37. The summed E-state index contributed by atoms with van der Waals surface area (Å²) in [6.45, 7) is 14.3. The van der Waals surface area contributed by atoms with Gasteiger partial charge in [-0.2, -0.15) is 0 Å². The maximum Gasteiger partial charge on any atom is 0.185 e. The summed E-state index contributed by atoms with van der Waals surface area (Å²) in [7, 11) is 0. The van der Waals surface area contributed by atoms with Crippen molar-refractivity contribution in [2.45, 2.75) is 52.7 Å². The monoisotopic (exact) mass is 296 g/mol. The molecule has 1 aliphatic heterocycles. The molecule has 1 aromatic heterocycles. The van der Waals surface area contributed by atoms with Crippen molar-refractivity contribution in [3.8, 4) is 0 Å². The highest BCUT2D eigenvalue weighted by Crippen LogP contribution is 2.26. The van der Waals surface area contributed by atoms with Gasteiger partial charge < -0.3 is 10.2 Å². The Balaban J connectivity index is 1.90. The molecule has 0 radical (unpaired) electrons. The highest BCUT2D eigenvalue weighted by Gasteiger charge is 2.27. The molecule has 0 aromatic carbocycles. The summed E-state index contributed by atoms with van der Waals surface area (Å²) < 4.78 is 0. The van der Waals surface area contributed by atoms with Crippen molar-refractivity contribution >= 4 is 16.5 Å². The summed E-state index contributed by atoms with van der Waals surface area (Å²) in [4.78, 5) is 9.79. The Morgan fingerprint density at radius 2 is 2.20 bits per heavy atom. The van der Waals surface area contributed by atoms with E-state index in [-0.39, 0.29) is 0 Å². The van der Waals surface area contributed by atoms with Gasteiger partial charge in [-0.05, 0) is 19.5 Å². The lowest BCUT2D eigenvalue weighted by molar-refractivity contribution is 0.232. The van der Waals surface area contributed by atoms with E-state index < -0.39 is 0 Å². The molecule has 1 saturated heterocycles. The molecule has 0 saturated carbocycles. The molecule has 20 heavy (non-hydrogen) atoms. The third-order valence-corrected chi connectivity index (χ3v) is 4.94. The third kappa shape index (κ3) is 3.93. The van der Waals surface area contributed by atoms with Gasteiger partial charge in [0, 0.05) is 37.1 Å². The second kappa shape index (κ2) is 7.38. The van der Waals surface area contributed by atoms with Crippen LogP contribution in [0.3, 0.4) is 0 Å². The molecule has 2 heterocycles. The normalized spacial score (nSPS) is 19.5. The number of thiazole rings is 1. The number of hydrogen-bond acceptors (Lipinski definition) is 5. The van der Waals surface area contributed by atoms with Gasteiger partial charge in [0.15, 0.2) is 5.13 Å². The van der Waals surface area contributed by atoms with Gasteiger partial charge in [0.1, 0.15) is 0 Å². The van der Waals surface area contributed by atoms with Crippen molar-refractivity contribution in [3.05, 3.63) is 11.1 Å². The molecule has 5 heteroatoms. The molecule has 114 valence electrons. The van der Waals surface area contributed by atoms with E-state index in [2.05, 4.69) is 48.2 Å². The Hall–Kier alpha value is -0.650. The average molecular weight is 296 g/mol. The Bertz CT molecular complexity index is 400. The summed E-state index contributed by atoms with van der Waals surface area (Å²) >= 11 is 1.78. The van der Waals surface area contributed by atoms with Crippen LogP contribution in [0.25, 0.3) is 0 Å². The molecule has 0 bridgehead atoms. The quantitative estimate of drug-likeness (QED) is 0.838. The van der Waals surface area contributed by atoms with Crippen LogP contribution in [0.15, 0.2) is 5.38 Å². The predicted octanol–water partition coefficient (Wildman–Crippen LogP) is 2.56. The van der Waals surface area contributed by atoms with Gasteiger partial charge in [0.25, 0.3) is 0 Å². The first-order valence-corrected chi connectivity index (χ1v) is 8.68. The van der Waals surface area contributed by atoms with E-state index in [1.165, 1.54) is 17.2 Å². The molecular weight excluding hydrogens is 268 g/mol. The second-order valence-corrected chi connectivity index (χ2v) is 6.60. The van der Waals surface area contributed by atoms with Crippen LogP contribution in [-0.4, -0.2) is 48.1 Å². The number of anilines is 1. The van der Waals surface area contributed by atoms with E-state index in [1.807, 2.05) is 0 Å². The van der Waals surface area contributed by atoms with Gasteiger partial charge >= 0.3 is 0 Å². The number of hydrogen-bond donors (Lipinski definition) is 1. The SMILES string of the molecule is CCN(CC)C1CCN(c2nc(CNC(C)C)cs2)C1. The molecule has 1 fully saturated rings. The first-order valence-electron chi connectivity index (χ1n) is 7.80. The lowest BCUT2D eigenvalue weighted by Gasteiger charge is -2.25. The fourth-order valence-electron chi connectivity index (χ4n) is 2.79. The summed E-state index contributed by atoms with van der Waals surface area (Å²) in [6, 6.07) is 1.21. The van der Waals surface area contributed by atoms with Crippen molar-refractivity contribution in [3.63, 3.8) is 0 Å². The Kier molecular flexibility index (Phi) is 5.81. The summed E-state index contributed by atoms with van der Waals surface area (Å²) in [5.74, 6) is 0. The number of rotatable bonds is 7. The standard InChI is InChI=1S/C15H28N4S/c1-5-18(6-2)14-7-8-19(10-14)15-17-13(11-20-15)9-16-12(3)4/h11-12,14,16H,5-10H2,1-4H3. The van der Waals surface area contributed by atoms with E-state index in [0.717, 1.165) is 32.7 Å². The van der Waals surface area contributed by atoms with E-state index in [1.54, 1.807) is 11.3 Å². The minimum Gasteiger partial charge on any atom is -0.346 e. The zero-order valence-electron chi connectivity index (χ0n) is 13.2. The zero-order valence-corrected chi connectivity index (χ0v) is 14.0. The van der Waals surface area contributed by atoms with Crippen LogP contribution in [0, 0.1) is 0 Å². The van der Waals surface area contributed by atoms with Crippen LogP contribution in [-0.2, 0) is 6.54 Å². The van der Waals surface area contributed by atoms with E-state index >= 15 is 0 Å². The second-order valence-electron chi connectivity index (χ2n) is 5.77. The van der Waals surface area contributed by atoms with Crippen molar-refractivity contribution in [2.75, 3.05) is 31.1 Å². The first-order chi connectivity index (χ1) is 9.63. The average Bonchev–Trinajstić information content (AvgIpc) is 3.06. The van der Waals surface area contributed by atoms with E-state index in [4.69, 9.17) is 4.98 Å². The number of nitrogens with zero attached hydrogens (tertiary/aromatic N) is 3. The third-order valence-electron chi connectivity index (χ3n) is 3.99. The minimum atomic E-state index is 0.513. The minimum absolute atomic E-state index is 0.513. The van der Waals surface area contributed by atoms with Crippen LogP contribution in [0.5, 0.6) is 0 Å². The molecule has 1 unspecified atom stereocenters. The maximum atomic E-state index is 4.77. The largest absolute Gasteiger partial charge is 0.346 e. The summed E-state index contributed by atoms with van der Waals surface area (Å²) in [6.07, 6.45) is 1.26. The molecule has 0 amide bonds. The van der Waals surface area contributed by atoms with Crippen LogP contribution in [0.2, 0.25) is 0 Å². The fourth-order valence-corrected chi connectivity index (χ4v) is 3.65. The van der Waals surface area contributed by atoms with Crippen molar-refractivity contribution < 1.29 is 0 Å². The maximum absolute atomic E-state index is 4.77. The van der Waals surface area contributed by atoms with Crippen molar-refractivity contribution in [1.82, 2.24) is 15.2 Å². The molecule has 1 aromatic rings. The predicted molar refractivity (Wildman–Crippen MR) is 87.6 cm³/mol. The fraction of sp³-hybridized carbons (Fsp3) is 0.800. The van der Waals surface area contributed by atoms with E-state index in [9.17, 15) is 0 Å². The highest BCUT2D eigenvalue weighted by molar-refractivity contribution is 7.13. The van der Waals surface area contributed by atoms with Crippen LogP contribution in [0.4, 0.5) is 5.13 Å². The van der Waals surface area contributed by atoms with Gasteiger partial charge in [-0.1, -0.05) is 27.7 Å². The zero-order chi connectivity index (χ0) is 14.5. The highest BCUT2D eigenvalue weighted by atomic mass is 32.1. The Morgan fingerprint density at radius 1 is 1.45 bits per heavy atom. The molecule has 1 aliphatic rings. The lowest BCUT2D eigenvalue weighted by atomic mass is 10.2. The van der Waals surface area contributed by atoms with Gasteiger partial charge in [-0.25, -0.2) is 4.98 Å². The van der Waals surface area contributed by atoms with Gasteiger partial charge in [-0.15, -0.1) is 11.3 Å². The van der Waals surface area contributed by atoms with Crippen molar-refractivity contribution in [2.24, 2.45) is 0 Å². The molecule has 1 atom stereocenters. The number of aromatic nitrogens is 1. The van der Waals surface area contributed by atoms with Gasteiger partial charge in [0.05, 0.1) is 5.69 Å². The molecule has 0 spiro atoms. The Morgan fingerprint density at radius 3 is 2.85 bits per heavy atom. The topological polar surface area (TPSA) is 31.4 Å². The smallest absolute Gasteiger partial charge is 0.185 e. The molecular formula is C15H28N4S. The van der Waals surface area contributed by atoms with E-state index in [0.29, 0.717) is 12.1 Å². The summed E-state index contributed by atoms with van der Waals surface area (Å²) in [5.41, 5.74) is 1.17. The first kappa shape index (κ1) is 15.7. The van der Waals surface area contributed by atoms with Crippen molar-refractivity contribution in [1.29, 1.82) is 0 Å². The van der Waals surface area contributed by atoms with Crippen LogP contribution in [0.1, 0.15) is 39.8 Å². The molecule has 0 aliphatic carbocycles. The van der Waals surface area contributed by atoms with Crippen LogP contribution < -0.4 is 10.2 Å². The van der Waals surface area contributed by atoms with Gasteiger partial charge in [-0.3, -0.25) is 4.90 Å². The molecule has 4 nitrogen and oxygen atoms in total. The molecule has 2 rings (SSSR count).